The summed E-state index contributed by atoms with van der Waals surface area (Å²) in [6, 6.07) is 11.5. The van der Waals surface area contributed by atoms with Gasteiger partial charge in [0, 0.05) is 18.2 Å². The van der Waals surface area contributed by atoms with Crippen LogP contribution in [0.15, 0.2) is 54.6 Å². The summed E-state index contributed by atoms with van der Waals surface area (Å²) >= 11 is 4.13. The van der Waals surface area contributed by atoms with Crippen molar-refractivity contribution in [2.75, 3.05) is 11.9 Å². The second-order valence-electron chi connectivity index (χ2n) is 7.14. The quantitative estimate of drug-likeness (QED) is 0.407. The molecule has 1 saturated heterocycles. The minimum Gasteiger partial charge on any atom is -0.354 e. The molecule has 2 amide bonds. The topological polar surface area (TPSA) is 76.0 Å². The second-order valence-corrected chi connectivity index (χ2v) is 7.70. The Labute approximate surface area is 185 Å². The Hall–Kier alpha value is -3.34. The van der Waals surface area contributed by atoms with E-state index in [2.05, 4.69) is 28.4 Å². The number of nitrogens with zero attached hydrogens (tertiary/aromatic N) is 2. The van der Waals surface area contributed by atoms with Gasteiger partial charge in [0.1, 0.15) is 11.5 Å². The van der Waals surface area contributed by atoms with E-state index >= 15 is 0 Å². The Morgan fingerprint density at radius 1 is 1.16 bits per heavy atom. The number of thiol groups is 1. The highest BCUT2D eigenvalue weighted by Gasteiger charge is 2.37. The van der Waals surface area contributed by atoms with Crippen molar-refractivity contribution in [1.82, 2.24) is 15.1 Å². The van der Waals surface area contributed by atoms with E-state index in [0.29, 0.717) is 0 Å². The average Bonchev–Trinajstić information content (AvgIpc) is 3.31. The molecular formula is C21H16F4N4O2S. The number of alkyl halides is 3. The Bertz CT molecular complexity index is 1190. The molecule has 0 bridgehead atoms. The number of amides is 2. The Morgan fingerprint density at radius 3 is 2.56 bits per heavy atom. The predicted octanol–water partition coefficient (Wildman–Crippen LogP) is 3.68. The molecule has 1 fully saturated rings. The van der Waals surface area contributed by atoms with Crippen LogP contribution in [0.2, 0.25) is 0 Å². The lowest BCUT2D eigenvalue weighted by Gasteiger charge is -2.11. The maximum atomic E-state index is 14.5. The molecule has 1 aliphatic heterocycles. The third kappa shape index (κ3) is 4.20. The molecule has 1 aliphatic rings. The van der Waals surface area contributed by atoms with Crippen LogP contribution in [0.5, 0.6) is 0 Å². The number of anilines is 1. The highest BCUT2D eigenvalue weighted by molar-refractivity contribution is 7.81. The summed E-state index contributed by atoms with van der Waals surface area (Å²) in [7, 11) is 0. The van der Waals surface area contributed by atoms with Gasteiger partial charge in [0.05, 0.1) is 22.4 Å². The van der Waals surface area contributed by atoms with E-state index in [1.807, 2.05) is 0 Å². The van der Waals surface area contributed by atoms with Gasteiger partial charge in [-0.25, -0.2) is 9.07 Å². The lowest BCUT2D eigenvalue weighted by atomic mass is 10.1. The third-order valence-corrected chi connectivity index (χ3v) is 5.60. The maximum Gasteiger partial charge on any atom is 0.416 e. The van der Waals surface area contributed by atoms with E-state index in [9.17, 15) is 27.2 Å². The van der Waals surface area contributed by atoms with Crippen LogP contribution in [0.3, 0.4) is 0 Å². The van der Waals surface area contributed by atoms with Gasteiger partial charge >= 0.3 is 6.18 Å². The largest absolute Gasteiger partial charge is 0.416 e. The summed E-state index contributed by atoms with van der Waals surface area (Å²) in [4.78, 5) is 24.2. The van der Waals surface area contributed by atoms with Crippen LogP contribution < -0.4 is 10.6 Å². The molecule has 2 heterocycles. The van der Waals surface area contributed by atoms with Crippen molar-refractivity contribution in [3.63, 3.8) is 0 Å². The molecule has 2 aromatic carbocycles. The van der Waals surface area contributed by atoms with Gasteiger partial charge in [0.25, 0.3) is 0 Å². The van der Waals surface area contributed by atoms with Gasteiger partial charge in [-0.3, -0.25) is 9.59 Å². The van der Waals surface area contributed by atoms with Gasteiger partial charge in [-0.15, -0.1) is 5.10 Å². The van der Waals surface area contributed by atoms with Crippen LogP contribution in [-0.4, -0.2) is 33.4 Å². The molecule has 3 aromatic rings. The molecule has 1 unspecified atom stereocenters. The fourth-order valence-electron chi connectivity index (χ4n) is 3.37. The fourth-order valence-corrected chi connectivity index (χ4v) is 3.71. The summed E-state index contributed by atoms with van der Waals surface area (Å²) in [5, 5.41) is 8.42. The lowest BCUT2D eigenvalue weighted by molar-refractivity contribution is -0.137. The first kappa shape index (κ1) is 21.9. The second kappa shape index (κ2) is 8.30. The third-order valence-electron chi connectivity index (χ3n) is 5.01. The molecule has 4 rings (SSSR count). The van der Waals surface area contributed by atoms with Crippen molar-refractivity contribution in [1.29, 1.82) is 0 Å². The molecule has 0 aliphatic carbocycles. The van der Waals surface area contributed by atoms with Gasteiger partial charge < -0.3 is 10.6 Å². The monoisotopic (exact) mass is 464 g/mol. The number of hydrogen-bond donors (Lipinski definition) is 3. The normalized spacial score (nSPS) is 18.5. The van der Waals surface area contributed by atoms with Gasteiger partial charge in [0.15, 0.2) is 5.82 Å². The van der Waals surface area contributed by atoms with Crippen molar-refractivity contribution in [3.05, 3.63) is 66.0 Å². The minimum atomic E-state index is -4.57. The molecule has 1 aromatic heterocycles. The van der Waals surface area contributed by atoms with Crippen LogP contribution in [-0.2, 0) is 15.8 Å². The molecule has 6 nitrogen and oxygen atoms in total. The molecule has 2 N–H and O–H groups in total. The maximum absolute atomic E-state index is 14.5. The first-order valence-corrected chi connectivity index (χ1v) is 9.96. The van der Waals surface area contributed by atoms with Crippen LogP contribution in [0.1, 0.15) is 5.56 Å². The number of halogens is 4. The number of nitrogens with one attached hydrogen (secondary N) is 2. The van der Waals surface area contributed by atoms with E-state index in [1.54, 1.807) is 6.07 Å². The zero-order chi connectivity index (χ0) is 23.0. The molecule has 2 atom stereocenters. The number of carbonyl (C=O) groups is 2. The standard InChI is InChI=1S/C21H16F4N4O2S/c22-14-6-1-2-7-15(14)29-16(11-4-3-5-12(8-11)21(23,24)25)9-17(28-29)27-19(30)13-10-26-20(31)18(13)32/h1-9,13,18,32H,10H2,(H,26,31)(H,27,28,30)/t13-,18?/m0/s1. The average molecular weight is 464 g/mol. The summed E-state index contributed by atoms with van der Waals surface area (Å²) in [6.07, 6.45) is -4.57. The van der Waals surface area contributed by atoms with Gasteiger partial charge in [-0.1, -0.05) is 24.3 Å². The highest BCUT2D eigenvalue weighted by Crippen LogP contribution is 2.34. The molecule has 11 heteroatoms. The van der Waals surface area contributed by atoms with Crippen LogP contribution in [0, 0.1) is 11.7 Å². The van der Waals surface area contributed by atoms with Crippen molar-refractivity contribution in [2.45, 2.75) is 11.4 Å². The van der Waals surface area contributed by atoms with Crippen LogP contribution in [0.25, 0.3) is 16.9 Å². The van der Waals surface area contributed by atoms with Crippen molar-refractivity contribution >= 4 is 30.3 Å². The van der Waals surface area contributed by atoms with Gasteiger partial charge in [-0.2, -0.15) is 25.8 Å². The zero-order valence-electron chi connectivity index (χ0n) is 16.2. The van der Waals surface area contributed by atoms with Gasteiger partial charge in [0.2, 0.25) is 11.8 Å². The number of carbonyl (C=O) groups excluding carboxylic acids is 2. The summed E-state index contributed by atoms with van der Waals surface area (Å²) in [5.74, 6) is -2.35. The van der Waals surface area contributed by atoms with Crippen molar-refractivity contribution < 1.29 is 27.2 Å². The predicted molar refractivity (Wildman–Crippen MR) is 112 cm³/mol. The number of hydrogen-bond acceptors (Lipinski definition) is 4. The SMILES string of the molecule is O=C1NC[C@H](C(=O)Nc2cc(-c3cccc(C(F)(F)F)c3)n(-c3ccccc3F)n2)C1S. The Morgan fingerprint density at radius 2 is 1.91 bits per heavy atom. The van der Waals surface area contributed by atoms with Crippen LogP contribution in [0.4, 0.5) is 23.4 Å². The number of para-hydroxylation sites is 1. The Kier molecular flexibility index (Phi) is 5.68. The van der Waals surface area contributed by atoms with Crippen molar-refractivity contribution in [2.24, 2.45) is 5.92 Å². The molecule has 0 radical (unpaired) electrons. The number of aromatic nitrogens is 2. The van der Waals surface area contributed by atoms with E-state index in [-0.39, 0.29) is 35.2 Å². The Balaban J connectivity index is 1.76. The summed E-state index contributed by atoms with van der Waals surface area (Å²) in [5.41, 5.74) is -0.624. The zero-order valence-corrected chi connectivity index (χ0v) is 17.1. The van der Waals surface area contributed by atoms with E-state index in [0.717, 1.165) is 16.8 Å². The van der Waals surface area contributed by atoms with E-state index in [4.69, 9.17) is 0 Å². The molecule has 0 saturated carbocycles. The smallest absolute Gasteiger partial charge is 0.354 e. The number of benzene rings is 2. The van der Waals surface area contributed by atoms with Crippen molar-refractivity contribution in [3.8, 4) is 16.9 Å². The van der Waals surface area contributed by atoms with E-state index in [1.165, 1.54) is 36.4 Å². The molecule has 0 spiro atoms. The van der Waals surface area contributed by atoms with E-state index < -0.39 is 34.6 Å². The molecule has 166 valence electrons. The minimum absolute atomic E-state index is 0.00875. The first-order chi connectivity index (χ1) is 15.1. The first-order valence-electron chi connectivity index (χ1n) is 9.44. The van der Waals surface area contributed by atoms with Crippen LogP contribution >= 0.6 is 12.6 Å². The lowest BCUT2D eigenvalue weighted by Crippen LogP contribution is -2.30. The molecular weight excluding hydrogens is 448 g/mol. The number of rotatable bonds is 4. The summed E-state index contributed by atoms with van der Waals surface area (Å²) in [6.45, 7) is 0.0906. The highest BCUT2D eigenvalue weighted by atomic mass is 32.1. The summed E-state index contributed by atoms with van der Waals surface area (Å²) < 4.78 is 55.2. The molecule has 32 heavy (non-hydrogen) atoms. The van der Waals surface area contributed by atoms with Gasteiger partial charge in [-0.05, 0) is 24.3 Å². The fraction of sp³-hybridized carbons (Fsp3) is 0.190.